The third kappa shape index (κ3) is 5.44. The smallest absolute Gasteiger partial charge is 0.224 e. The van der Waals surface area contributed by atoms with Crippen LogP contribution in [0.3, 0.4) is 0 Å². The molecule has 15 heavy (non-hydrogen) atoms. The summed E-state index contributed by atoms with van der Waals surface area (Å²) < 4.78 is 0. The lowest BCUT2D eigenvalue weighted by Crippen LogP contribution is -2.40. The molecule has 1 amide bonds. The summed E-state index contributed by atoms with van der Waals surface area (Å²) in [5.74, 6) is 2.54. The Hall–Kier alpha value is -1.01. The quantitative estimate of drug-likeness (QED) is 0.622. The van der Waals surface area contributed by atoms with Crippen LogP contribution in [0.25, 0.3) is 0 Å². The summed E-state index contributed by atoms with van der Waals surface area (Å²) in [5.41, 5.74) is 5.55. The maximum Gasteiger partial charge on any atom is 0.224 e. The molecular weight excluding hydrogens is 188 g/mol. The number of carbonyl (C=O) groups is 1. The first-order valence-corrected chi connectivity index (χ1v) is 5.63. The molecule has 0 aromatic carbocycles. The van der Waals surface area contributed by atoms with Crippen molar-refractivity contribution in [3.8, 4) is 12.3 Å². The van der Waals surface area contributed by atoms with Crippen molar-refractivity contribution >= 4 is 5.91 Å². The third-order valence-corrected chi connectivity index (χ3v) is 2.50. The van der Waals surface area contributed by atoms with E-state index < -0.39 is 0 Å². The van der Waals surface area contributed by atoms with Gasteiger partial charge in [-0.1, -0.05) is 20.3 Å². The molecule has 0 saturated carbocycles. The molecule has 0 saturated heterocycles. The lowest BCUT2D eigenvalue weighted by atomic mass is 10.0. The molecule has 0 radical (unpaired) electrons. The Bertz CT molecular complexity index is 220. The van der Waals surface area contributed by atoms with E-state index in [0.717, 1.165) is 19.3 Å². The van der Waals surface area contributed by atoms with E-state index in [4.69, 9.17) is 12.2 Å². The number of nitrogens with two attached hydrogens (primary N) is 1. The summed E-state index contributed by atoms with van der Waals surface area (Å²) in [6.07, 6.45) is 8.49. The summed E-state index contributed by atoms with van der Waals surface area (Å²) in [6.45, 7) is 4.47. The molecule has 2 atom stereocenters. The summed E-state index contributed by atoms with van der Waals surface area (Å²) in [5, 5.41) is 2.94. The van der Waals surface area contributed by atoms with E-state index in [9.17, 15) is 4.79 Å². The minimum absolute atomic E-state index is 0.0430. The van der Waals surface area contributed by atoms with Gasteiger partial charge in [0.1, 0.15) is 0 Å². The topological polar surface area (TPSA) is 55.1 Å². The molecule has 0 bridgehead atoms. The van der Waals surface area contributed by atoms with Gasteiger partial charge in [0.15, 0.2) is 0 Å². The number of amides is 1. The molecule has 3 heteroatoms. The zero-order chi connectivity index (χ0) is 11.7. The Morgan fingerprint density at radius 1 is 1.53 bits per heavy atom. The lowest BCUT2D eigenvalue weighted by Gasteiger charge is -2.19. The molecule has 0 aliphatic heterocycles. The van der Waals surface area contributed by atoms with Crippen LogP contribution in [0.5, 0.6) is 0 Å². The number of terminal acetylenes is 1. The summed E-state index contributed by atoms with van der Waals surface area (Å²) in [6, 6.07) is 0.0911. The van der Waals surface area contributed by atoms with Gasteiger partial charge in [-0.2, -0.15) is 0 Å². The highest BCUT2D eigenvalue weighted by Gasteiger charge is 2.18. The Morgan fingerprint density at radius 3 is 2.60 bits per heavy atom. The van der Waals surface area contributed by atoms with Crippen molar-refractivity contribution < 1.29 is 4.79 Å². The molecule has 0 rings (SSSR count). The zero-order valence-corrected chi connectivity index (χ0v) is 9.75. The van der Waals surface area contributed by atoms with Crippen molar-refractivity contribution in [2.75, 3.05) is 6.54 Å². The molecule has 3 N–H and O–H groups in total. The van der Waals surface area contributed by atoms with E-state index in [-0.39, 0.29) is 17.9 Å². The largest absolute Gasteiger partial charge is 0.352 e. The number of nitrogens with one attached hydrogen (secondary N) is 1. The van der Waals surface area contributed by atoms with Gasteiger partial charge in [-0.25, -0.2) is 0 Å². The highest BCUT2D eigenvalue weighted by molar-refractivity contribution is 5.79. The molecule has 0 aliphatic carbocycles. The number of hydrogen-bond acceptors (Lipinski definition) is 2. The maximum absolute atomic E-state index is 11.7. The van der Waals surface area contributed by atoms with Gasteiger partial charge in [0.25, 0.3) is 0 Å². The minimum atomic E-state index is -0.0678. The van der Waals surface area contributed by atoms with Gasteiger partial charge in [0.05, 0.1) is 5.92 Å². The highest BCUT2D eigenvalue weighted by atomic mass is 16.1. The standard InChI is InChI=1S/C12H22N2O/c1-4-7-10(9-13)12(15)14-11(6-3)8-5-2/h2,10-11H,4,6-9,13H2,1,3H3,(H,14,15). The molecule has 0 aliphatic rings. The first-order chi connectivity index (χ1) is 7.19. The van der Waals surface area contributed by atoms with E-state index in [1.807, 2.05) is 6.92 Å². The average molecular weight is 210 g/mol. The number of rotatable bonds is 7. The van der Waals surface area contributed by atoms with Crippen LogP contribution in [-0.2, 0) is 4.79 Å². The van der Waals surface area contributed by atoms with Crippen molar-refractivity contribution in [1.82, 2.24) is 5.32 Å². The molecule has 2 unspecified atom stereocenters. The predicted octanol–water partition coefficient (Wildman–Crippen LogP) is 1.28. The van der Waals surface area contributed by atoms with Crippen LogP contribution in [0.4, 0.5) is 0 Å². The van der Waals surface area contributed by atoms with E-state index in [2.05, 4.69) is 18.2 Å². The monoisotopic (exact) mass is 210 g/mol. The van der Waals surface area contributed by atoms with Crippen molar-refractivity contribution in [2.24, 2.45) is 11.7 Å². The van der Waals surface area contributed by atoms with Crippen LogP contribution < -0.4 is 11.1 Å². The van der Waals surface area contributed by atoms with Gasteiger partial charge in [-0.05, 0) is 12.8 Å². The molecule has 0 heterocycles. The van der Waals surface area contributed by atoms with E-state index in [1.54, 1.807) is 0 Å². The van der Waals surface area contributed by atoms with E-state index in [1.165, 1.54) is 0 Å². The number of carbonyl (C=O) groups excluding carboxylic acids is 1. The second kappa shape index (κ2) is 8.31. The first kappa shape index (κ1) is 14.0. The second-order valence-corrected chi connectivity index (χ2v) is 3.74. The van der Waals surface area contributed by atoms with Crippen molar-refractivity contribution in [3.05, 3.63) is 0 Å². The zero-order valence-electron chi connectivity index (χ0n) is 9.75. The Morgan fingerprint density at radius 2 is 2.20 bits per heavy atom. The van der Waals surface area contributed by atoms with Gasteiger partial charge < -0.3 is 11.1 Å². The van der Waals surface area contributed by atoms with E-state index >= 15 is 0 Å². The van der Waals surface area contributed by atoms with Gasteiger partial charge in [0.2, 0.25) is 5.91 Å². The Balaban J connectivity index is 4.13. The van der Waals surface area contributed by atoms with Crippen LogP contribution in [-0.4, -0.2) is 18.5 Å². The normalized spacial score (nSPS) is 14.0. The molecular formula is C12H22N2O. The summed E-state index contributed by atoms with van der Waals surface area (Å²) in [7, 11) is 0. The molecule has 0 spiro atoms. The minimum Gasteiger partial charge on any atom is -0.352 e. The molecule has 0 aromatic rings. The molecule has 86 valence electrons. The second-order valence-electron chi connectivity index (χ2n) is 3.74. The van der Waals surface area contributed by atoms with Crippen molar-refractivity contribution in [2.45, 2.75) is 45.6 Å². The Labute approximate surface area is 92.8 Å². The van der Waals surface area contributed by atoms with Crippen molar-refractivity contribution in [3.63, 3.8) is 0 Å². The first-order valence-electron chi connectivity index (χ1n) is 5.63. The van der Waals surface area contributed by atoms with E-state index in [0.29, 0.717) is 13.0 Å². The molecule has 0 aromatic heterocycles. The van der Waals surface area contributed by atoms with Crippen LogP contribution in [0.15, 0.2) is 0 Å². The van der Waals surface area contributed by atoms with Gasteiger partial charge in [-0.15, -0.1) is 12.3 Å². The fourth-order valence-corrected chi connectivity index (χ4v) is 1.46. The summed E-state index contributed by atoms with van der Waals surface area (Å²) >= 11 is 0. The fraction of sp³-hybridized carbons (Fsp3) is 0.750. The molecule has 3 nitrogen and oxygen atoms in total. The predicted molar refractivity (Wildman–Crippen MR) is 63.1 cm³/mol. The van der Waals surface area contributed by atoms with Crippen LogP contribution in [0.1, 0.15) is 39.5 Å². The highest BCUT2D eigenvalue weighted by Crippen LogP contribution is 2.06. The lowest BCUT2D eigenvalue weighted by molar-refractivity contribution is -0.125. The third-order valence-electron chi connectivity index (χ3n) is 2.50. The Kier molecular flexibility index (Phi) is 7.75. The van der Waals surface area contributed by atoms with Crippen LogP contribution in [0, 0.1) is 18.3 Å². The average Bonchev–Trinajstić information content (AvgIpc) is 2.24. The number of hydrogen-bond donors (Lipinski definition) is 2. The molecule has 0 fully saturated rings. The van der Waals surface area contributed by atoms with Crippen LogP contribution >= 0.6 is 0 Å². The maximum atomic E-state index is 11.7. The van der Waals surface area contributed by atoms with Gasteiger partial charge in [-0.3, -0.25) is 4.79 Å². The van der Waals surface area contributed by atoms with Gasteiger partial charge in [0, 0.05) is 19.0 Å². The van der Waals surface area contributed by atoms with Gasteiger partial charge >= 0.3 is 0 Å². The van der Waals surface area contributed by atoms with Crippen molar-refractivity contribution in [1.29, 1.82) is 0 Å². The summed E-state index contributed by atoms with van der Waals surface area (Å²) in [4.78, 5) is 11.7. The van der Waals surface area contributed by atoms with Crippen LogP contribution in [0.2, 0.25) is 0 Å². The SMILES string of the molecule is C#CCC(CC)NC(=O)C(CN)CCC. The fourth-order valence-electron chi connectivity index (χ4n) is 1.46.